The van der Waals surface area contributed by atoms with Crippen molar-refractivity contribution < 1.29 is 28.8 Å². The number of fused-ring (bicyclic) bond motifs is 3. The first-order chi connectivity index (χ1) is 11.4. The molecule has 0 aromatic rings. The highest BCUT2D eigenvalue weighted by molar-refractivity contribution is 5.66. The molecule has 24 heavy (non-hydrogen) atoms. The van der Waals surface area contributed by atoms with Crippen LogP contribution in [0.15, 0.2) is 0 Å². The number of hydrogen-bond acceptors (Lipinski definition) is 6. The third-order valence-corrected chi connectivity index (χ3v) is 5.69. The maximum absolute atomic E-state index is 11.6. The second-order valence-electron chi connectivity index (χ2n) is 7.50. The highest BCUT2D eigenvalue weighted by Crippen LogP contribution is 2.55. The van der Waals surface area contributed by atoms with Gasteiger partial charge in [-0.25, -0.2) is 14.6 Å². The van der Waals surface area contributed by atoms with E-state index in [1.807, 2.05) is 6.92 Å². The van der Waals surface area contributed by atoms with E-state index in [4.69, 9.17) is 24.0 Å². The first-order valence-electron chi connectivity index (χ1n) is 8.83. The van der Waals surface area contributed by atoms with E-state index in [0.29, 0.717) is 18.9 Å². The molecule has 138 valence electrons. The third kappa shape index (κ3) is 3.03. The monoisotopic (exact) mass is 343 g/mol. The fourth-order valence-corrected chi connectivity index (χ4v) is 4.38. The maximum atomic E-state index is 11.6. The normalized spacial score (nSPS) is 41.4. The number of hydrogen-bond donors (Lipinski definition) is 0. The van der Waals surface area contributed by atoms with Crippen molar-refractivity contribution in [3.8, 4) is 0 Å². The summed E-state index contributed by atoms with van der Waals surface area (Å²) in [5.41, 5.74) is -0.618. The largest absolute Gasteiger partial charge is 0.449 e. The van der Waals surface area contributed by atoms with E-state index in [2.05, 4.69) is 0 Å². The Hall–Kier alpha value is -0.890. The van der Waals surface area contributed by atoms with E-state index in [9.17, 15) is 4.79 Å². The number of methoxy groups -OCH3 is 1. The van der Waals surface area contributed by atoms with Crippen molar-refractivity contribution in [3.05, 3.63) is 0 Å². The Balaban J connectivity index is 1.75. The van der Waals surface area contributed by atoms with Crippen LogP contribution in [0.5, 0.6) is 0 Å². The summed E-state index contributed by atoms with van der Waals surface area (Å²) in [4.78, 5) is 24.7. The van der Waals surface area contributed by atoms with Gasteiger partial charge in [-0.15, -0.1) is 0 Å². The fourth-order valence-electron chi connectivity index (χ4n) is 4.38. The van der Waals surface area contributed by atoms with Gasteiger partial charge >= 0.3 is 6.09 Å². The molecule has 7 heteroatoms. The molecule has 4 rings (SSSR count). The number of carbonyl (C=O) groups is 1. The highest BCUT2D eigenvalue weighted by atomic mass is 17.3. The molecule has 0 radical (unpaired) electrons. The van der Waals surface area contributed by atoms with Crippen LogP contribution >= 0.6 is 0 Å². The standard InChI is InChI=1S/C17H29NO6/c1-16-10-8-12-6-5-7-13(9-11-21-15(19)18(2)3)17(12,24-23-16)14(20-4)22-16/h12-14H,5-11H2,1-4H3/t12-,13+,14+,16-,17-/m1/s1. The van der Waals surface area contributed by atoms with Gasteiger partial charge in [-0.3, -0.25) is 0 Å². The van der Waals surface area contributed by atoms with Crippen molar-refractivity contribution in [2.24, 2.45) is 11.8 Å². The Kier molecular flexibility index (Phi) is 5.06. The van der Waals surface area contributed by atoms with Crippen LogP contribution < -0.4 is 0 Å². The predicted octanol–water partition coefficient (Wildman–Crippen LogP) is 2.69. The van der Waals surface area contributed by atoms with Crippen molar-refractivity contribution in [2.45, 2.75) is 63.1 Å². The summed E-state index contributed by atoms with van der Waals surface area (Å²) in [7, 11) is 5.01. The van der Waals surface area contributed by atoms with Crippen LogP contribution in [0.4, 0.5) is 4.79 Å². The lowest BCUT2D eigenvalue weighted by Gasteiger charge is -2.53. The summed E-state index contributed by atoms with van der Waals surface area (Å²) in [5.74, 6) is -0.250. The molecule has 0 N–H and O–H groups in total. The van der Waals surface area contributed by atoms with Crippen LogP contribution in [0.3, 0.4) is 0 Å². The SMILES string of the molecule is CO[C@H]1O[C@@]2(C)CC[C@H]3CCC[C@@H](CCOC(=O)N(C)C)[C@]31OO2. The molecule has 4 aliphatic rings. The maximum Gasteiger partial charge on any atom is 0.409 e. The molecule has 7 nitrogen and oxygen atoms in total. The first kappa shape index (κ1) is 17.9. The molecule has 3 saturated heterocycles. The number of amides is 1. The molecule has 0 aromatic carbocycles. The van der Waals surface area contributed by atoms with Crippen molar-refractivity contribution in [3.63, 3.8) is 0 Å². The zero-order valence-corrected chi connectivity index (χ0v) is 15.1. The topological polar surface area (TPSA) is 66.5 Å². The molecule has 0 unspecified atom stereocenters. The van der Waals surface area contributed by atoms with E-state index < -0.39 is 17.7 Å². The Morgan fingerprint density at radius 2 is 2.04 bits per heavy atom. The summed E-state index contributed by atoms with van der Waals surface area (Å²) in [6.07, 6.45) is 4.91. The summed E-state index contributed by atoms with van der Waals surface area (Å²) >= 11 is 0. The molecule has 3 aliphatic heterocycles. The minimum Gasteiger partial charge on any atom is -0.449 e. The van der Waals surface area contributed by atoms with Crippen molar-refractivity contribution in [1.29, 1.82) is 0 Å². The molecule has 4 fully saturated rings. The molecule has 1 spiro atoms. The molecular weight excluding hydrogens is 314 g/mol. The minimum atomic E-state index is -0.745. The van der Waals surface area contributed by atoms with E-state index in [-0.39, 0.29) is 12.0 Å². The highest BCUT2D eigenvalue weighted by Gasteiger charge is 2.63. The molecule has 5 atom stereocenters. The second-order valence-corrected chi connectivity index (χ2v) is 7.50. The predicted molar refractivity (Wildman–Crippen MR) is 84.9 cm³/mol. The smallest absolute Gasteiger partial charge is 0.409 e. The molecular formula is C17H29NO6. The van der Waals surface area contributed by atoms with Crippen LogP contribution in [0, 0.1) is 11.8 Å². The van der Waals surface area contributed by atoms with E-state index in [0.717, 1.165) is 32.1 Å². The average molecular weight is 343 g/mol. The Labute approximate surface area is 143 Å². The Morgan fingerprint density at radius 1 is 1.25 bits per heavy atom. The van der Waals surface area contributed by atoms with Gasteiger partial charge in [0, 0.05) is 27.6 Å². The van der Waals surface area contributed by atoms with Gasteiger partial charge in [0.15, 0.2) is 11.9 Å². The minimum absolute atomic E-state index is 0.166. The molecule has 0 aromatic heterocycles. The van der Waals surface area contributed by atoms with Gasteiger partial charge in [0.25, 0.3) is 0 Å². The van der Waals surface area contributed by atoms with Crippen LogP contribution in [-0.2, 0) is 24.0 Å². The fraction of sp³-hybridized carbons (Fsp3) is 0.941. The average Bonchev–Trinajstić information content (AvgIpc) is 2.79. The van der Waals surface area contributed by atoms with Crippen LogP contribution in [0.1, 0.15) is 45.4 Å². The summed E-state index contributed by atoms with van der Waals surface area (Å²) in [6, 6.07) is 0. The molecule has 2 bridgehead atoms. The van der Waals surface area contributed by atoms with E-state index in [1.54, 1.807) is 21.2 Å². The van der Waals surface area contributed by atoms with Gasteiger partial charge in [-0.1, -0.05) is 6.42 Å². The molecule has 3 heterocycles. The van der Waals surface area contributed by atoms with Gasteiger partial charge in [0.1, 0.15) is 0 Å². The Bertz CT molecular complexity index is 472. The Morgan fingerprint density at radius 3 is 2.75 bits per heavy atom. The number of rotatable bonds is 4. The zero-order valence-electron chi connectivity index (χ0n) is 15.1. The van der Waals surface area contributed by atoms with Gasteiger partial charge in [-0.2, -0.15) is 0 Å². The van der Waals surface area contributed by atoms with E-state index >= 15 is 0 Å². The van der Waals surface area contributed by atoms with Crippen molar-refractivity contribution in [2.75, 3.05) is 27.8 Å². The number of ether oxygens (including phenoxy) is 3. The molecule has 1 aliphatic carbocycles. The van der Waals surface area contributed by atoms with Gasteiger partial charge in [0.2, 0.25) is 5.79 Å². The lowest BCUT2D eigenvalue weighted by Crippen LogP contribution is -2.63. The van der Waals surface area contributed by atoms with Gasteiger partial charge in [-0.05, 0) is 44.4 Å². The lowest BCUT2D eigenvalue weighted by molar-refractivity contribution is -0.554. The zero-order chi connectivity index (χ0) is 17.4. The van der Waals surface area contributed by atoms with Crippen LogP contribution in [0.2, 0.25) is 0 Å². The van der Waals surface area contributed by atoms with Crippen molar-refractivity contribution >= 4 is 6.09 Å². The summed E-state index contributed by atoms with van der Waals surface area (Å²) < 4.78 is 17.1. The van der Waals surface area contributed by atoms with Gasteiger partial charge < -0.3 is 19.1 Å². The second kappa shape index (κ2) is 6.78. The number of carbonyl (C=O) groups excluding carboxylic acids is 1. The molecule has 1 saturated carbocycles. The number of nitrogens with zero attached hydrogens (tertiary/aromatic N) is 1. The van der Waals surface area contributed by atoms with Crippen LogP contribution in [0.25, 0.3) is 0 Å². The van der Waals surface area contributed by atoms with Crippen LogP contribution in [-0.4, -0.2) is 56.5 Å². The van der Waals surface area contributed by atoms with Crippen molar-refractivity contribution in [1.82, 2.24) is 4.90 Å². The molecule has 1 amide bonds. The quantitative estimate of drug-likeness (QED) is 0.731. The summed E-state index contributed by atoms with van der Waals surface area (Å²) in [6.45, 7) is 2.25. The van der Waals surface area contributed by atoms with Gasteiger partial charge in [0.05, 0.1) is 6.61 Å². The lowest BCUT2D eigenvalue weighted by atomic mass is 9.65. The summed E-state index contributed by atoms with van der Waals surface area (Å²) in [5, 5.41) is 0. The first-order valence-corrected chi connectivity index (χ1v) is 8.83. The third-order valence-electron chi connectivity index (χ3n) is 5.69. The van der Waals surface area contributed by atoms with E-state index in [1.165, 1.54) is 4.90 Å².